The van der Waals surface area contributed by atoms with Crippen molar-refractivity contribution in [1.29, 1.82) is 0 Å². The predicted molar refractivity (Wildman–Crippen MR) is 76.5 cm³/mol. The quantitative estimate of drug-likeness (QED) is 0.870. The average Bonchev–Trinajstić information content (AvgIpc) is 2.34. The van der Waals surface area contributed by atoms with Crippen LogP contribution in [-0.2, 0) is 0 Å². The molecule has 1 fully saturated rings. The Bertz CT molecular complexity index is 390. The van der Waals surface area contributed by atoms with E-state index in [1.54, 1.807) is 7.11 Å². The second kappa shape index (κ2) is 5.61. The molecule has 0 saturated carbocycles. The standard InChI is InChI=1S/C15H24N2O/c1-15(2)11-16-9-6-10-17(12-15)13-7-4-5-8-14(13)18-3/h4-5,7-8,16H,6,9-12H2,1-3H3. The largest absolute Gasteiger partial charge is 0.495 e. The second-order valence-corrected chi connectivity index (χ2v) is 5.79. The summed E-state index contributed by atoms with van der Waals surface area (Å²) < 4.78 is 5.48. The van der Waals surface area contributed by atoms with Gasteiger partial charge in [-0.3, -0.25) is 0 Å². The summed E-state index contributed by atoms with van der Waals surface area (Å²) in [7, 11) is 1.75. The molecule has 1 saturated heterocycles. The van der Waals surface area contributed by atoms with Gasteiger partial charge in [0.1, 0.15) is 5.75 Å². The molecule has 1 aliphatic rings. The molecule has 0 radical (unpaired) electrons. The minimum atomic E-state index is 0.279. The van der Waals surface area contributed by atoms with Gasteiger partial charge < -0.3 is 15.0 Å². The summed E-state index contributed by atoms with van der Waals surface area (Å²) in [5, 5.41) is 3.52. The highest BCUT2D eigenvalue weighted by atomic mass is 16.5. The van der Waals surface area contributed by atoms with E-state index in [-0.39, 0.29) is 5.41 Å². The number of hydrogen-bond donors (Lipinski definition) is 1. The molecule has 100 valence electrons. The second-order valence-electron chi connectivity index (χ2n) is 5.79. The molecule has 18 heavy (non-hydrogen) atoms. The fourth-order valence-corrected chi connectivity index (χ4v) is 2.57. The molecule has 3 nitrogen and oxygen atoms in total. The van der Waals surface area contributed by atoms with Gasteiger partial charge in [-0.05, 0) is 30.5 Å². The number of nitrogens with one attached hydrogen (secondary N) is 1. The van der Waals surface area contributed by atoms with Crippen LogP contribution in [0.1, 0.15) is 20.3 Å². The Morgan fingerprint density at radius 3 is 2.83 bits per heavy atom. The van der Waals surface area contributed by atoms with Gasteiger partial charge in [-0.25, -0.2) is 0 Å². The number of benzene rings is 1. The van der Waals surface area contributed by atoms with Crippen molar-refractivity contribution in [2.24, 2.45) is 5.41 Å². The molecule has 1 aromatic rings. The minimum Gasteiger partial charge on any atom is -0.495 e. The highest BCUT2D eigenvalue weighted by Crippen LogP contribution is 2.30. The Kier molecular flexibility index (Phi) is 4.12. The maximum atomic E-state index is 5.48. The van der Waals surface area contributed by atoms with E-state index in [1.165, 1.54) is 12.1 Å². The van der Waals surface area contributed by atoms with E-state index in [1.807, 2.05) is 12.1 Å². The van der Waals surface area contributed by atoms with E-state index < -0.39 is 0 Å². The number of hydrogen-bond acceptors (Lipinski definition) is 3. The van der Waals surface area contributed by atoms with Crippen molar-refractivity contribution in [3.8, 4) is 5.75 Å². The molecule has 1 aliphatic heterocycles. The Labute approximate surface area is 110 Å². The van der Waals surface area contributed by atoms with Gasteiger partial charge in [-0.1, -0.05) is 26.0 Å². The Morgan fingerprint density at radius 1 is 1.28 bits per heavy atom. The summed E-state index contributed by atoms with van der Waals surface area (Å²) in [5.41, 5.74) is 1.50. The van der Waals surface area contributed by atoms with Crippen molar-refractivity contribution < 1.29 is 4.74 Å². The zero-order valence-corrected chi connectivity index (χ0v) is 11.7. The molecule has 2 rings (SSSR count). The van der Waals surface area contributed by atoms with Crippen molar-refractivity contribution >= 4 is 5.69 Å². The summed E-state index contributed by atoms with van der Waals surface area (Å²) in [6, 6.07) is 8.31. The third kappa shape index (κ3) is 3.16. The maximum absolute atomic E-state index is 5.48. The molecule has 0 spiro atoms. The first kappa shape index (κ1) is 13.2. The molecule has 0 unspecified atom stereocenters. The number of anilines is 1. The number of nitrogens with zero attached hydrogens (tertiary/aromatic N) is 1. The lowest BCUT2D eigenvalue weighted by Crippen LogP contribution is -2.44. The van der Waals surface area contributed by atoms with Crippen LogP contribution in [0.15, 0.2) is 24.3 Å². The Balaban J connectivity index is 2.23. The van der Waals surface area contributed by atoms with Crippen molar-refractivity contribution in [2.75, 3.05) is 38.2 Å². The molecular formula is C15H24N2O. The summed E-state index contributed by atoms with van der Waals surface area (Å²) in [6.45, 7) is 8.92. The van der Waals surface area contributed by atoms with Crippen LogP contribution < -0.4 is 15.0 Å². The third-order valence-corrected chi connectivity index (χ3v) is 3.43. The molecule has 0 aromatic heterocycles. The summed E-state index contributed by atoms with van der Waals surface area (Å²) in [6.07, 6.45) is 1.17. The Hall–Kier alpha value is -1.22. The topological polar surface area (TPSA) is 24.5 Å². The van der Waals surface area contributed by atoms with Crippen molar-refractivity contribution in [2.45, 2.75) is 20.3 Å². The fourth-order valence-electron chi connectivity index (χ4n) is 2.57. The van der Waals surface area contributed by atoms with Crippen LogP contribution in [0.2, 0.25) is 0 Å². The maximum Gasteiger partial charge on any atom is 0.142 e. The van der Waals surface area contributed by atoms with Crippen molar-refractivity contribution in [3.63, 3.8) is 0 Å². The molecule has 0 bridgehead atoms. The van der Waals surface area contributed by atoms with Crippen LogP contribution in [0.3, 0.4) is 0 Å². The molecule has 1 N–H and O–H groups in total. The molecule has 3 heteroatoms. The van der Waals surface area contributed by atoms with E-state index in [0.717, 1.165) is 31.9 Å². The van der Waals surface area contributed by atoms with Gasteiger partial charge >= 0.3 is 0 Å². The number of para-hydroxylation sites is 2. The monoisotopic (exact) mass is 248 g/mol. The van der Waals surface area contributed by atoms with Crippen LogP contribution in [-0.4, -0.2) is 33.3 Å². The smallest absolute Gasteiger partial charge is 0.142 e. The van der Waals surface area contributed by atoms with Gasteiger partial charge in [0, 0.05) is 19.6 Å². The zero-order chi connectivity index (χ0) is 13.0. The van der Waals surface area contributed by atoms with Crippen LogP contribution in [0.4, 0.5) is 5.69 Å². The van der Waals surface area contributed by atoms with E-state index in [2.05, 4.69) is 36.2 Å². The van der Waals surface area contributed by atoms with E-state index >= 15 is 0 Å². The predicted octanol–water partition coefficient (Wildman–Crippen LogP) is 2.52. The summed E-state index contributed by atoms with van der Waals surface area (Å²) in [4.78, 5) is 2.46. The fraction of sp³-hybridized carbons (Fsp3) is 0.600. The summed E-state index contributed by atoms with van der Waals surface area (Å²) >= 11 is 0. The van der Waals surface area contributed by atoms with E-state index in [9.17, 15) is 0 Å². The van der Waals surface area contributed by atoms with Gasteiger partial charge in [0.05, 0.1) is 12.8 Å². The van der Waals surface area contributed by atoms with E-state index in [0.29, 0.717) is 0 Å². The Morgan fingerprint density at radius 2 is 2.06 bits per heavy atom. The lowest BCUT2D eigenvalue weighted by Gasteiger charge is -2.37. The van der Waals surface area contributed by atoms with Gasteiger partial charge in [-0.15, -0.1) is 0 Å². The molecule has 0 atom stereocenters. The lowest BCUT2D eigenvalue weighted by atomic mass is 9.91. The van der Waals surface area contributed by atoms with Gasteiger partial charge in [0.25, 0.3) is 0 Å². The van der Waals surface area contributed by atoms with Crippen LogP contribution in [0.25, 0.3) is 0 Å². The highest BCUT2D eigenvalue weighted by molar-refractivity contribution is 5.58. The number of methoxy groups -OCH3 is 1. The zero-order valence-electron chi connectivity index (χ0n) is 11.7. The number of rotatable bonds is 2. The van der Waals surface area contributed by atoms with Crippen molar-refractivity contribution in [1.82, 2.24) is 5.32 Å². The van der Waals surface area contributed by atoms with Crippen molar-refractivity contribution in [3.05, 3.63) is 24.3 Å². The average molecular weight is 248 g/mol. The molecule has 1 heterocycles. The number of ether oxygens (including phenoxy) is 1. The van der Waals surface area contributed by atoms with Gasteiger partial charge in [-0.2, -0.15) is 0 Å². The molecular weight excluding hydrogens is 224 g/mol. The van der Waals surface area contributed by atoms with Crippen LogP contribution >= 0.6 is 0 Å². The van der Waals surface area contributed by atoms with Crippen LogP contribution in [0, 0.1) is 5.41 Å². The summed E-state index contributed by atoms with van der Waals surface area (Å²) in [5.74, 6) is 0.974. The first-order chi connectivity index (χ1) is 8.62. The third-order valence-electron chi connectivity index (χ3n) is 3.43. The highest BCUT2D eigenvalue weighted by Gasteiger charge is 2.24. The molecule has 0 amide bonds. The SMILES string of the molecule is COc1ccccc1N1CCCNCC(C)(C)C1. The van der Waals surface area contributed by atoms with Gasteiger partial charge in [0.15, 0.2) is 0 Å². The first-order valence-electron chi connectivity index (χ1n) is 6.71. The van der Waals surface area contributed by atoms with Gasteiger partial charge in [0.2, 0.25) is 0 Å². The molecule has 1 aromatic carbocycles. The molecule has 0 aliphatic carbocycles. The lowest BCUT2D eigenvalue weighted by molar-refractivity contribution is 0.323. The first-order valence-corrected chi connectivity index (χ1v) is 6.71. The minimum absolute atomic E-state index is 0.279. The van der Waals surface area contributed by atoms with E-state index in [4.69, 9.17) is 4.74 Å². The van der Waals surface area contributed by atoms with Crippen LogP contribution in [0.5, 0.6) is 5.75 Å². The normalized spacial score (nSPS) is 20.1.